The number of allylic oxidation sites excluding steroid dienone is 6. The average Bonchev–Trinajstić information content (AvgIpc) is 2.44. The molecule has 0 aliphatic heterocycles. The maximum Gasteiger partial charge on any atom is 0.247 e. The van der Waals surface area contributed by atoms with Crippen LogP contribution in [0.15, 0.2) is 72.8 Å². The molecule has 0 aromatic heterocycles. The first-order valence-corrected chi connectivity index (χ1v) is 6.46. The number of nitrogens with one attached hydrogen (secondary N) is 1. The molecule has 0 aliphatic rings. The van der Waals surface area contributed by atoms with Crippen molar-refractivity contribution in [3.05, 3.63) is 72.8 Å². The molecule has 0 aromatic rings. The Bertz CT molecular complexity index is 465. The Morgan fingerprint density at radius 2 is 1.95 bits per heavy atom. The molecular formula is C17H23NO2. The first-order valence-electron chi connectivity index (χ1n) is 6.46. The standard InChI is InChI=1S/C17H23NO2/c1-6-10-15(9-4)20-16(11-7-2)13-14(5)17(19)18-12-8-3/h6-11,13H,2-3,12H2,1,4-5H3,(H,18,19)/b10-6-,14-13+,15-9+,16-11+. The Morgan fingerprint density at radius 3 is 2.45 bits per heavy atom. The van der Waals surface area contributed by atoms with Gasteiger partial charge in [-0.1, -0.05) is 24.8 Å². The van der Waals surface area contributed by atoms with Crippen LogP contribution >= 0.6 is 0 Å². The van der Waals surface area contributed by atoms with Crippen LogP contribution in [-0.2, 0) is 9.53 Å². The lowest BCUT2D eigenvalue weighted by Gasteiger charge is -2.08. The molecule has 0 heterocycles. The van der Waals surface area contributed by atoms with Gasteiger partial charge in [-0.2, -0.15) is 0 Å². The van der Waals surface area contributed by atoms with Crippen LogP contribution in [0, 0.1) is 0 Å². The fourth-order valence-corrected chi connectivity index (χ4v) is 1.30. The molecule has 1 amide bonds. The molecule has 0 saturated carbocycles. The molecule has 0 unspecified atom stereocenters. The Labute approximate surface area is 121 Å². The summed E-state index contributed by atoms with van der Waals surface area (Å²) in [6.07, 6.45) is 12.2. The quantitative estimate of drug-likeness (QED) is 0.316. The van der Waals surface area contributed by atoms with Crippen LogP contribution in [0.25, 0.3) is 0 Å². The summed E-state index contributed by atoms with van der Waals surface area (Å²) in [5, 5.41) is 2.71. The molecule has 20 heavy (non-hydrogen) atoms. The monoisotopic (exact) mass is 273 g/mol. The number of ether oxygens (including phenoxy) is 1. The van der Waals surface area contributed by atoms with Crippen molar-refractivity contribution >= 4 is 5.91 Å². The van der Waals surface area contributed by atoms with Gasteiger partial charge in [0.25, 0.3) is 0 Å². The SMILES string of the molecule is C=C/C=C(\C=C(/C)C(=O)NCC=C)OC(/C=C\C)=C/C. The van der Waals surface area contributed by atoms with Gasteiger partial charge in [-0.15, -0.1) is 6.58 Å². The Hall–Kier alpha value is -2.29. The van der Waals surface area contributed by atoms with Crippen LogP contribution in [0.1, 0.15) is 20.8 Å². The topological polar surface area (TPSA) is 38.3 Å². The number of carbonyl (C=O) groups excluding carboxylic acids is 1. The van der Waals surface area contributed by atoms with Gasteiger partial charge >= 0.3 is 0 Å². The molecule has 0 rings (SSSR count). The lowest BCUT2D eigenvalue weighted by Crippen LogP contribution is -2.23. The number of amides is 1. The predicted octanol–water partition coefficient (Wildman–Crippen LogP) is 3.80. The first-order chi connectivity index (χ1) is 9.58. The zero-order valence-electron chi connectivity index (χ0n) is 12.5. The molecule has 0 aromatic carbocycles. The van der Waals surface area contributed by atoms with E-state index in [0.29, 0.717) is 23.6 Å². The van der Waals surface area contributed by atoms with E-state index in [0.717, 1.165) is 0 Å². The maximum absolute atomic E-state index is 11.8. The fourth-order valence-electron chi connectivity index (χ4n) is 1.30. The molecule has 0 fully saturated rings. The Kier molecular flexibility index (Phi) is 9.40. The van der Waals surface area contributed by atoms with Crippen molar-refractivity contribution < 1.29 is 9.53 Å². The van der Waals surface area contributed by atoms with Gasteiger partial charge in [-0.05, 0) is 45.1 Å². The second-order valence-electron chi connectivity index (χ2n) is 3.92. The zero-order chi connectivity index (χ0) is 15.4. The minimum Gasteiger partial charge on any atom is -0.458 e. The second-order valence-corrected chi connectivity index (χ2v) is 3.92. The summed E-state index contributed by atoms with van der Waals surface area (Å²) >= 11 is 0. The van der Waals surface area contributed by atoms with Crippen LogP contribution in [0.4, 0.5) is 0 Å². The number of hydrogen-bond acceptors (Lipinski definition) is 2. The van der Waals surface area contributed by atoms with E-state index in [9.17, 15) is 4.79 Å². The first kappa shape index (κ1) is 17.7. The van der Waals surface area contributed by atoms with E-state index in [4.69, 9.17) is 4.74 Å². The molecule has 108 valence electrons. The van der Waals surface area contributed by atoms with Crippen LogP contribution in [0.3, 0.4) is 0 Å². The molecule has 0 saturated heterocycles. The molecule has 1 N–H and O–H groups in total. The summed E-state index contributed by atoms with van der Waals surface area (Å²) in [6.45, 7) is 13.2. The summed E-state index contributed by atoms with van der Waals surface area (Å²) in [7, 11) is 0. The molecule has 0 bridgehead atoms. The van der Waals surface area contributed by atoms with Crippen molar-refractivity contribution in [2.45, 2.75) is 20.8 Å². The predicted molar refractivity (Wildman–Crippen MR) is 84.9 cm³/mol. The third-order valence-corrected chi connectivity index (χ3v) is 2.26. The van der Waals surface area contributed by atoms with Crippen molar-refractivity contribution in [2.75, 3.05) is 6.54 Å². The average molecular weight is 273 g/mol. The van der Waals surface area contributed by atoms with E-state index >= 15 is 0 Å². The van der Waals surface area contributed by atoms with Crippen LogP contribution in [0.2, 0.25) is 0 Å². The van der Waals surface area contributed by atoms with Gasteiger partial charge < -0.3 is 10.1 Å². The molecule has 3 nitrogen and oxygen atoms in total. The second kappa shape index (κ2) is 10.6. The van der Waals surface area contributed by atoms with Crippen molar-refractivity contribution in [1.29, 1.82) is 0 Å². The summed E-state index contributed by atoms with van der Waals surface area (Å²) in [5.74, 6) is 1.10. The summed E-state index contributed by atoms with van der Waals surface area (Å²) in [6, 6.07) is 0. The van der Waals surface area contributed by atoms with Gasteiger partial charge in [0.15, 0.2) is 0 Å². The van der Waals surface area contributed by atoms with Crippen molar-refractivity contribution in [3.63, 3.8) is 0 Å². The minimum absolute atomic E-state index is 0.156. The summed E-state index contributed by atoms with van der Waals surface area (Å²) < 4.78 is 5.69. The summed E-state index contributed by atoms with van der Waals surface area (Å²) in [5.41, 5.74) is 0.552. The van der Waals surface area contributed by atoms with Crippen LogP contribution in [0.5, 0.6) is 0 Å². The third kappa shape index (κ3) is 7.21. The normalized spacial score (nSPS) is 13.2. The van der Waals surface area contributed by atoms with E-state index < -0.39 is 0 Å². The van der Waals surface area contributed by atoms with Crippen molar-refractivity contribution in [2.24, 2.45) is 0 Å². The lowest BCUT2D eigenvalue weighted by atomic mass is 10.2. The van der Waals surface area contributed by atoms with Crippen molar-refractivity contribution in [3.8, 4) is 0 Å². The molecular weight excluding hydrogens is 250 g/mol. The molecule has 0 aliphatic carbocycles. The summed E-state index contributed by atoms with van der Waals surface area (Å²) in [4.78, 5) is 11.8. The smallest absolute Gasteiger partial charge is 0.247 e. The van der Waals surface area contributed by atoms with Gasteiger partial charge in [0, 0.05) is 12.1 Å². The van der Waals surface area contributed by atoms with Crippen LogP contribution in [-0.4, -0.2) is 12.5 Å². The highest BCUT2D eigenvalue weighted by Gasteiger charge is 2.05. The highest BCUT2D eigenvalue weighted by Crippen LogP contribution is 2.12. The van der Waals surface area contributed by atoms with E-state index in [1.54, 1.807) is 31.2 Å². The van der Waals surface area contributed by atoms with E-state index in [1.165, 1.54) is 0 Å². The minimum atomic E-state index is -0.156. The molecule has 0 atom stereocenters. The lowest BCUT2D eigenvalue weighted by molar-refractivity contribution is -0.117. The van der Waals surface area contributed by atoms with Gasteiger partial charge in [0.1, 0.15) is 11.5 Å². The number of rotatable bonds is 8. The van der Waals surface area contributed by atoms with Gasteiger partial charge in [-0.3, -0.25) is 4.79 Å². The highest BCUT2D eigenvalue weighted by molar-refractivity contribution is 5.93. The maximum atomic E-state index is 11.8. The Morgan fingerprint density at radius 1 is 1.25 bits per heavy atom. The molecule has 0 radical (unpaired) electrons. The van der Waals surface area contributed by atoms with Crippen LogP contribution < -0.4 is 5.32 Å². The Balaban J connectivity index is 5.02. The number of hydrogen-bond donors (Lipinski definition) is 1. The molecule has 0 spiro atoms. The third-order valence-electron chi connectivity index (χ3n) is 2.26. The van der Waals surface area contributed by atoms with E-state index in [-0.39, 0.29) is 5.91 Å². The number of carbonyl (C=O) groups is 1. The highest BCUT2D eigenvalue weighted by atomic mass is 16.5. The van der Waals surface area contributed by atoms with E-state index in [1.807, 2.05) is 32.1 Å². The van der Waals surface area contributed by atoms with Gasteiger partial charge in [0.2, 0.25) is 5.91 Å². The molecule has 3 heteroatoms. The van der Waals surface area contributed by atoms with Gasteiger partial charge in [0.05, 0.1) is 0 Å². The zero-order valence-corrected chi connectivity index (χ0v) is 12.5. The van der Waals surface area contributed by atoms with Crippen molar-refractivity contribution in [1.82, 2.24) is 5.32 Å². The fraction of sp³-hybridized carbons (Fsp3) is 0.235. The largest absolute Gasteiger partial charge is 0.458 e. The van der Waals surface area contributed by atoms with E-state index in [2.05, 4.69) is 18.5 Å². The van der Waals surface area contributed by atoms with Gasteiger partial charge in [-0.25, -0.2) is 0 Å².